The molecule has 1 saturated heterocycles. The zero-order chi connectivity index (χ0) is 15.9. The first-order valence-electron chi connectivity index (χ1n) is 7.50. The summed E-state index contributed by atoms with van der Waals surface area (Å²) in [5.41, 5.74) is 0.859. The van der Waals surface area contributed by atoms with Gasteiger partial charge in [0.15, 0.2) is 0 Å². The highest BCUT2D eigenvalue weighted by Crippen LogP contribution is 2.18. The van der Waals surface area contributed by atoms with Crippen LogP contribution in [0.3, 0.4) is 0 Å². The number of aliphatic hydroxyl groups is 1. The molecule has 1 amide bonds. The van der Waals surface area contributed by atoms with Crippen molar-refractivity contribution in [2.24, 2.45) is 0 Å². The lowest BCUT2D eigenvalue weighted by molar-refractivity contribution is -0.384. The van der Waals surface area contributed by atoms with Crippen molar-refractivity contribution in [1.82, 2.24) is 4.90 Å². The summed E-state index contributed by atoms with van der Waals surface area (Å²) < 4.78 is 0. The van der Waals surface area contributed by atoms with E-state index in [4.69, 9.17) is 0 Å². The van der Waals surface area contributed by atoms with Crippen LogP contribution in [-0.2, 0) is 4.79 Å². The summed E-state index contributed by atoms with van der Waals surface area (Å²) in [6.45, 7) is 1.40. The number of hydrogen-bond donors (Lipinski definition) is 2. The van der Waals surface area contributed by atoms with Gasteiger partial charge in [-0.2, -0.15) is 0 Å². The van der Waals surface area contributed by atoms with E-state index < -0.39 is 4.92 Å². The number of likely N-dealkylation sites (tertiary alicyclic amines) is 1. The lowest BCUT2D eigenvalue weighted by atomic mass is 10.2. The second kappa shape index (κ2) is 7.74. The number of nitro benzene ring substituents is 1. The second-order valence-electron chi connectivity index (χ2n) is 5.40. The smallest absolute Gasteiger partial charge is 0.269 e. The number of amides is 1. The fraction of sp³-hybridized carbons (Fsp3) is 0.533. The van der Waals surface area contributed by atoms with Crippen LogP contribution in [0.25, 0.3) is 0 Å². The van der Waals surface area contributed by atoms with Crippen molar-refractivity contribution in [1.29, 1.82) is 0 Å². The molecule has 1 aliphatic rings. The summed E-state index contributed by atoms with van der Waals surface area (Å²) in [6.07, 6.45) is 2.96. The van der Waals surface area contributed by atoms with Crippen molar-refractivity contribution in [2.75, 3.05) is 25.0 Å². The summed E-state index contributed by atoms with van der Waals surface area (Å²) in [4.78, 5) is 23.9. The molecule has 0 unspecified atom stereocenters. The highest BCUT2D eigenvalue weighted by Gasteiger charge is 2.27. The van der Waals surface area contributed by atoms with E-state index >= 15 is 0 Å². The normalized spacial score (nSPS) is 17.5. The predicted octanol–water partition coefficient (Wildman–Crippen LogP) is 1.77. The van der Waals surface area contributed by atoms with Crippen LogP contribution in [0.1, 0.15) is 25.7 Å². The second-order valence-corrected chi connectivity index (χ2v) is 5.40. The number of hydrogen-bond acceptors (Lipinski definition) is 5. The molecule has 1 atom stereocenters. The minimum atomic E-state index is -0.434. The van der Waals surface area contributed by atoms with Gasteiger partial charge in [0, 0.05) is 37.3 Å². The van der Waals surface area contributed by atoms with Crippen molar-refractivity contribution < 1.29 is 14.8 Å². The summed E-state index contributed by atoms with van der Waals surface area (Å²) >= 11 is 0. The number of anilines is 1. The largest absolute Gasteiger partial charge is 0.394 e. The van der Waals surface area contributed by atoms with E-state index in [1.54, 1.807) is 17.0 Å². The van der Waals surface area contributed by atoms with Crippen molar-refractivity contribution in [3.05, 3.63) is 34.4 Å². The van der Waals surface area contributed by atoms with Gasteiger partial charge in [-0.15, -0.1) is 0 Å². The summed E-state index contributed by atoms with van der Waals surface area (Å²) in [6, 6.07) is 6.19. The number of carbonyl (C=O) groups excluding carboxylic acids is 1. The van der Waals surface area contributed by atoms with Crippen LogP contribution >= 0.6 is 0 Å². The molecular formula is C15H21N3O4. The molecule has 0 bridgehead atoms. The lowest BCUT2D eigenvalue weighted by Crippen LogP contribution is -2.37. The van der Waals surface area contributed by atoms with Crippen LogP contribution in [0.4, 0.5) is 11.4 Å². The Morgan fingerprint density at radius 2 is 2.14 bits per heavy atom. The molecular weight excluding hydrogens is 286 g/mol. The third-order valence-corrected chi connectivity index (χ3v) is 3.88. The number of non-ortho nitro benzene ring substituents is 1. The molecule has 0 aromatic heterocycles. The van der Waals surface area contributed by atoms with E-state index in [1.165, 1.54) is 12.1 Å². The molecule has 0 spiro atoms. The Bertz CT molecular complexity index is 518. The zero-order valence-electron chi connectivity index (χ0n) is 12.4. The SMILES string of the molecule is O=C(CCCNc1ccc([N+](=O)[O-])cc1)N1CCC[C@@H]1CO. The summed E-state index contributed by atoms with van der Waals surface area (Å²) in [5.74, 6) is 0.0852. The van der Waals surface area contributed by atoms with E-state index in [-0.39, 0.29) is 24.2 Å². The van der Waals surface area contributed by atoms with E-state index in [0.717, 1.165) is 25.1 Å². The third kappa shape index (κ3) is 4.17. The maximum absolute atomic E-state index is 12.1. The molecule has 1 heterocycles. The zero-order valence-corrected chi connectivity index (χ0v) is 12.4. The average Bonchev–Trinajstić information content (AvgIpc) is 3.00. The predicted molar refractivity (Wildman–Crippen MR) is 82.6 cm³/mol. The van der Waals surface area contributed by atoms with Crippen LogP contribution in [0.2, 0.25) is 0 Å². The summed E-state index contributed by atoms with van der Waals surface area (Å²) in [7, 11) is 0. The van der Waals surface area contributed by atoms with Gasteiger partial charge < -0.3 is 15.3 Å². The number of rotatable bonds is 7. The van der Waals surface area contributed by atoms with Crippen LogP contribution in [0.15, 0.2) is 24.3 Å². The Morgan fingerprint density at radius 1 is 1.41 bits per heavy atom. The molecule has 2 rings (SSSR count). The number of nitrogens with one attached hydrogen (secondary N) is 1. The molecule has 2 N–H and O–H groups in total. The van der Waals surface area contributed by atoms with Crippen LogP contribution in [-0.4, -0.2) is 46.6 Å². The number of carbonyl (C=O) groups is 1. The first kappa shape index (κ1) is 16.2. The molecule has 1 aromatic carbocycles. The fourth-order valence-electron chi connectivity index (χ4n) is 2.67. The van der Waals surface area contributed by atoms with Gasteiger partial charge >= 0.3 is 0 Å². The molecule has 7 heteroatoms. The molecule has 0 radical (unpaired) electrons. The van der Waals surface area contributed by atoms with Gasteiger partial charge in [-0.05, 0) is 31.4 Å². The monoisotopic (exact) mass is 307 g/mol. The Kier molecular flexibility index (Phi) is 5.71. The van der Waals surface area contributed by atoms with Gasteiger partial charge in [0.05, 0.1) is 17.6 Å². The fourth-order valence-corrected chi connectivity index (χ4v) is 2.67. The van der Waals surface area contributed by atoms with Crippen LogP contribution in [0.5, 0.6) is 0 Å². The van der Waals surface area contributed by atoms with Crippen molar-refractivity contribution >= 4 is 17.3 Å². The summed E-state index contributed by atoms with van der Waals surface area (Å²) in [5, 5.41) is 22.9. The van der Waals surface area contributed by atoms with Gasteiger partial charge in [0.1, 0.15) is 0 Å². The van der Waals surface area contributed by atoms with Crippen molar-refractivity contribution in [2.45, 2.75) is 31.7 Å². The van der Waals surface area contributed by atoms with Gasteiger partial charge in [0.2, 0.25) is 5.91 Å². The van der Waals surface area contributed by atoms with E-state index in [9.17, 15) is 20.0 Å². The molecule has 1 fully saturated rings. The Balaban J connectivity index is 1.70. The number of nitro groups is 1. The Hall–Kier alpha value is -2.15. The van der Waals surface area contributed by atoms with E-state index in [1.807, 2.05) is 0 Å². The molecule has 120 valence electrons. The molecule has 7 nitrogen and oxygen atoms in total. The van der Waals surface area contributed by atoms with E-state index in [0.29, 0.717) is 19.4 Å². The van der Waals surface area contributed by atoms with Gasteiger partial charge in [-0.3, -0.25) is 14.9 Å². The average molecular weight is 307 g/mol. The molecule has 1 aromatic rings. The van der Waals surface area contributed by atoms with Gasteiger partial charge in [0.25, 0.3) is 5.69 Å². The van der Waals surface area contributed by atoms with Crippen LogP contribution < -0.4 is 5.32 Å². The highest BCUT2D eigenvalue weighted by molar-refractivity contribution is 5.76. The topological polar surface area (TPSA) is 95.7 Å². The van der Waals surface area contributed by atoms with E-state index in [2.05, 4.69) is 5.32 Å². The van der Waals surface area contributed by atoms with Gasteiger partial charge in [-0.1, -0.05) is 0 Å². The molecule has 22 heavy (non-hydrogen) atoms. The third-order valence-electron chi connectivity index (χ3n) is 3.88. The Morgan fingerprint density at radius 3 is 2.77 bits per heavy atom. The minimum absolute atomic E-state index is 0.0184. The quantitative estimate of drug-likeness (QED) is 0.455. The first-order chi connectivity index (χ1) is 10.6. The molecule has 0 saturated carbocycles. The van der Waals surface area contributed by atoms with Crippen molar-refractivity contribution in [3.8, 4) is 0 Å². The number of aliphatic hydroxyl groups excluding tert-OH is 1. The standard InChI is InChI=1S/C15H21N3O4/c19-11-14-3-2-10-17(14)15(20)4-1-9-16-12-5-7-13(8-6-12)18(21)22/h5-8,14,16,19H,1-4,9-11H2/t14-/m1/s1. The minimum Gasteiger partial charge on any atom is -0.394 e. The highest BCUT2D eigenvalue weighted by atomic mass is 16.6. The first-order valence-corrected chi connectivity index (χ1v) is 7.50. The Labute approximate surface area is 129 Å². The van der Waals surface area contributed by atoms with Crippen LogP contribution in [0, 0.1) is 10.1 Å². The van der Waals surface area contributed by atoms with Gasteiger partial charge in [-0.25, -0.2) is 0 Å². The lowest BCUT2D eigenvalue weighted by Gasteiger charge is -2.23. The maximum Gasteiger partial charge on any atom is 0.269 e. The molecule has 1 aliphatic heterocycles. The van der Waals surface area contributed by atoms with Crippen molar-refractivity contribution in [3.63, 3.8) is 0 Å². The maximum atomic E-state index is 12.1. The number of benzene rings is 1. The number of nitrogens with zero attached hydrogens (tertiary/aromatic N) is 2. The molecule has 0 aliphatic carbocycles.